The monoisotopic (exact) mass is 981 g/mol. The zero-order valence-corrected chi connectivity index (χ0v) is 39.4. The minimum atomic E-state index is -1.50. The molecular formula is C54H53IrN3OSi-2. The van der Waals surface area contributed by atoms with Crippen LogP contribution in [0.15, 0.2) is 144 Å². The van der Waals surface area contributed by atoms with Crippen LogP contribution in [0.5, 0.6) is 0 Å². The standard InChI is InChI=1S/C37H31N2O.C17H22NSi.Ir/c1-23(2)27-14-10-15-28(24(3)4)35(27)39-33-19-9-8-18-32(33)38-37(39)31-17-11-16-30-29-21-20-26(22-34(29)40-36(30)31)25-12-6-5-7-13-25;1-13(2)15-11-16(14-9-7-6-8-10-14)18-12-17(15)19(3,4)5;/h5-16,18-24H,1-4H3;6-9,11-13H,1-5H3;/q2*-1;/i;13D;. The second kappa shape index (κ2) is 17.7. The molecule has 0 atom stereocenters. The van der Waals surface area contributed by atoms with Crippen LogP contribution in [0.1, 0.15) is 77.3 Å². The van der Waals surface area contributed by atoms with Gasteiger partial charge < -0.3 is 14.0 Å². The number of para-hydroxylation sites is 3. The molecule has 0 unspecified atom stereocenters. The van der Waals surface area contributed by atoms with Gasteiger partial charge in [-0.2, -0.15) is 0 Å². The van der Waals surface area contributed by atoms with Crippen molar-refractivity contribution in [3.8, 4) is 39.5 Å². The molecule has 0 bridgehead atoms. The van der Waals surface area contributed by atoms with E-state index in [1.807, 2.05) is 56.4 Å². The van der Waals surface area contributed by atoms with E-state index in [-0.39, 0.29) is 20.1 Å². The summed E-state index contributed by atoms with van der Waals surface area (Å²) >= 11 is 0. The number of imidazole rings is 1. The minimum absolute atomic E-state index is 0. The summed E-state index contributed by atoms with van der Waals surface area (Å²) in [4.78, 5) is 9.83. The van der Waals surface area contributed by atoms with Crippen molar-refractivity contribution in [2.24, 2.45) is 0 Å². The summed E-state index contributed by atoms with van der Waals surface area (Å²) < 4.78 is 17.4. The molecule has 0 amide bonds. The van der Waals surface area contributed by atoms with E-state index in [0.717, 1.165) is 66.7 Å². The van der Waals surface area contributed by atoms with Crippen molar-refractivity contribution in [1.29, 1.82) is 0 Å². The molecule has 0 spiro atoms. The fourth-order valence-corrected chi connectivity index (χ4v) is 9.66. The van der Waals surface area contributed by atoms with Gasteiger partial charge in [-0.3, -0.25) is 4.98 Å². The second-order valence-electron chi connectivity index (χ2n) is 17.3. The zero-order valence-electron chi connectivity index (χ0n) is 37.0. The Morgan fingerprint density at radius 2 is 1.37 bits per heavy atom. The van der Waals surface area contributed by atoms with Crippen LogP contribution in [-0.4, -0.2) is 22.6 Å². The topological polar surface area (TPSA) is 43.9 Å². The largest absolute Gasteiger partial charge is 0.501 e. The Kier molecular flexibility index (Phi) is 12.2. The number of benzene rings is 6. The first-order valence-corrected chi connectivity index (χ1v) is 24.2. The third-order valence-corrected chi connectivity index (χ3v) is 13.1. The predicted octanol–water partition coefficient (Wildman–Crippen LogP) is 14.5. The number of fused-ring (bicyclic) bond motifs is 4. The molecule has 1 radical (unpaired) electrons. The molecule has 305 valence electrons. The van der Waals surface area contributed by atoms with Crippen LogP contribution in [0, 0.1) is 12.1 Å². The van der Waals surface area contributed by atoms with Crippen molar-refractivity contribution in [1.82, 2.24) is 14.5 Å². The average Bonchev–Trinajstić information content (AvgIpc) is 3.82. The van der Waals surface area contributed by atoms with E-state index in [9.17, 15) is 0 Å². The Balaban J connectivity index is 0.000000226. The number of pyridine rings is 1. The maximum atomic E-state index is 8.44. The van der Waals surface area contributed by atoms with Gasteiger partial charge in [0.1, 0.15) is 5.58 Å². The smallest absolute Gasteiger partial charge is 0.121 e. The zero-order chi connectivity index (χ0) is 42.3. The van der Waals surface area contributed by atoms with Crippen LogP contribution in [0.4, 0.5) is 0 Å². The van der Waals surface area contributed by atoms with Crippen LogP contribution in [0.2, 0.25) is 19.6 Å². The van der Waals surface area contributed by atoms with E-state index < -0.39 is 14.0 Å². The van der Waals surface area contributed by atoms with Crippen molar-refractivity contribution in [3.63, 3.8) is 0 Å². The van der Waals surface area contributed by atoms with Crippen LogP contribution in [0.25, 0.3) is 72.4 Å². The summed E-state index contributed by atoms with van der Waals surface area (Å²) in [7, 11) is -1.50. The Hall–Kier alpha value is -5.39. The Bertz CT molecular complexity index is 2930. The predicted molar refractivity (Wildman–Crippen MR) is 252 cm³/mol. The molecule has 9 aromatic rings. The number of hydrogen-bond donors (Lipinski definition) is 0. The van der Waals surface area contributed by atoms with Crippen LogP contribution >= 0.6 is 0 Å². The summed E-state index contributed by atoms with van der Waals surface area (Å²) in [5.41, 5.74) is 13.7. The number of aromatic nitrogens is 3. The van der Waals surface area contributed by atoms with Crippen molar-refractivity contribution in [2.45, 2.75) is 78.9 Å². The molecule has 0 N–H and O–H groups in total. The number of furan rings is 1. The fraction of sp³-hybridized carbons (Fsp3) is 0.222. The number of nitrogens with zero attached hydrogens (tertiary/aromatic N) is 3. The van der Waals surface area contributed by atoms with Gasteiger partial charge in [0.2, 0.25) is 0 Å². The van der Waals surface area contributed by atoms with Gasteiger partial charge in [-0.25, -0.2) is 0 Å². The summed E-state index contributed by atoms with van der Waals surface area (Å²) in [6, 6.07) is 52.8. The van der Waals surface area contributed by atoms with Gasteiger partial charge in [-0.05, 0) is 69.1 Å². The third kappa shape index (κ3) is 8.34. The molecule has 6 aromatic carbocycles. The quantitative estimate of drug-likeness (QED) is 0.113. The van der Waals surface area contributed by atoms with Gasteiger partial charge in [0.25, 0.3) is 0 Å². The molecule has 0 fully saturated rings. The Labute approximate surface area is 371 Å². The molecule has 3 aromatic heterocycles. The third-order valence-electron chi connectivity index (χ3n) is 11.1. The first-order chi connectivity index (χ1) is 28.7. The normalized spacial score (nSPS) is 12.2. The van der Waals surface area contributed by atoms with Crippen LogP contribution in [0.3, 0.4) is 0 Å². The summed E-state index contributed by atoms with van der Waals surface area (Å²) in [6.07, 6.45) is 1.98. The molecule has 0 aliphatic rings. The Morgan fingerprint density at radius 3 is 2.03 bits per heavy atom. The number of rotatable bonds is 8. The van der Waals surface area contributed by atoms with E-state index in [1.54, 1.807) is 0 Å². The molecule has 6 heteroatoms. The number of hydrogen-bond acceptors (Lipinski definition) is 3. The molecule has 0 aliphatic carbocycles. The van der Waals surface area contributed by atoms with E-state index >= 15 is 0 Å². The molecule has 4 nitrogen and oxygen atoms in total. The van der Waals surface area contributed by atoms with E-state index in [2.05, 4.69) is 166 Å². The van der Waals surface area contributed by atoms with Crippen LogP contribution < -0.4 is 5.19 Å². The molecular weight excluding hydrogens is 927 g/mol. The molecule has 0 saturated heterocycles. The second-order valence-corrected chi connectivity index (χ2v) is 22.3. The molecule has 0 aliphatic heterocycles. The van der Waals surface area contributed by atoms with Gasteiger partial charge in [-0.1, -0.05) is 157 Å². The van der Waals surface area contributed by atoms with Crippen molar-refractivity contribution < 1.29 is 25.9 Å². The van der Waals surface area contributed by atoms with Gasteiger partial charge in [0.05, 0.1) is 30.5 Å². The molecule has 60 heavy (non-hydrogen) atoms. The van der Waals surface area contributed by atoms with E-state index in [0.29, 0.717) is 11.8 Å². The van der Waals surface area contributed by atoms with Gasteiger partial charge in [0.15, 0.2) is 0 Å². The summed E-state index contributed by atoms with van der Waals surface area (Å²) in [6.45, 7) is 19.8. The van der Waals surface area contributed by atoms with E-state index in [1.165, 1.54) is 27.6 Å². The summed E-state index contributed by atoms with van der Waals surface area (Å²) in [5, 5.41) is 3.44. The molecule has 3 heterocycles. The van der Waals surface area contributed by atoms with Gasteiger partial charge in [0, 0.05) is 38.7 Å². The average molecular weight is 981 g/mol. The fourth-order valence-electron chi connectivity index (χ4n) is 8.07. The molecule has 0 saturated carbocycles. The van der Waals surface area contributed by atoms with Gasteiger partial charge >= 0.3 is 0 Å². The van der Waals surface area contributed by atoms with Crippen molar-refractivity contribution in [3.05, 3.63) is 168 Å². The van der Waals surface area contributed by atoms with E-state index in [4.69, 9.17) is 10.8 Å². The van der Waals surface area contributed by atoms with Crippen molar-refractivity contribution >= 4 is 46.2 Å². The minimum Gasteiger partial charge on any atom is -0.501 e. The Morgan fingerprint density at radius 1 is 0.667 bits per heavy atom. The van der Waals surface area contributed by atoms with Gasteiger partial charge in [-0.15, -0.1) is 54.1 Å². The maximum Gasteiger partial charge on any atom is 0.121 e. The maximum absolute atomic E-state index is 8.44. The SMILES string of the molecule is CC(C)c1cccc(C(C)C)c1-n1c(-c2[c-]ccc3c2oc2cc(-c4ccccc4)ccc23)nc2ccccc21.[2H]C(C)(C)c1cc(-c2[c-]cccc2)ncc1[Si](C)(C)C.[Ir]. The van der Waals surface area contributed by atoms with Crippen LogP contribution in [-0.2, 0) is 20.1 Å². The van der Waals surface area contributed by atoms with Crippen molar-refractivity contribution in [2.75, 3.05) is 0 Å². The first-order valence-electron chi connectivity index (χ1n) is 21.2. The molecule has 9 rings (SSSR count). The summed E-state index contributed by atoms with van der Waals surface area (Å²) in [5.74, 6) is 0.946. The first kappa shape index (κ1) is 41.3.